The Morgan fingerprint density at radius 3 is 2.58 bits per heavy atom. The molecule has 3 heterocycles. The lowest BCUT2D eigenvalue weighted by Gasteiger charge is -2.26. The molecule has 3 aromatic rings. The zero-order valence-corrected chi connectivity index (χ0v) is 25.4. The van der Waals surface area contributed by atoms with Crippen molar-refractivity contribution in [2.45, 2.75) is 42.2 Å². The maximum Gasteiger partial charge on any atom is 0.387 e. The Balaban J connectivity index is 1.47. The van der Waals surface area contributed by atoms with E-state index in [0.29, 0.717) is 22.0 Å². The number of ether oxygens (including phenoxy) is 3. The summed E-state index contributed by atoms with van der Waals surface area (Å²) < 4.78 is 70.7. The number of benzene rings is 1. The number of esters is 1. The SMILES string of the molecule is O=C(OC(Cc1c(Cl)c[n+]([O-])cc1Cl)c1ccc(OC(F)F)c(OCC2CC2)c1)C1SCCN1S(=O)(=O)c1cccnc1. The van der Waals surface area contributed by atoms with Crippen LogP contribution >= 0.6 is 35.0 Å². The quantitative estimate of drug-likeness (QED) is 0.148. The van der Waals surface area contributed by atoms with Gasteiger partial charge in [-0.1, -0.05) is 29.3 Å². The van der Waals surface area contributed by atoms with Crippen LogP contribution in [0.2, 0.25) is 10.0 Å². The van der Waals surface area contributed by atoms with Crippen molar-refractivity contribution in [3.05, 3.63) is 81.5 Å². The first-order valence-corrected chi connectivity index (χ1v) is 16.3. The first kappa shape index (κ1) is 31.5. The van der Waals surface area contributed by atoms with E-state index in [0.717, 1.165) is 41.3 Å². The van der Waals surface area contributed by atoms with Gasteiger partial charge in [0.05, 0.1) is 6.61 Å². The van der Waals surface area contributed by atoms with E-state index in [1.54, 1.807) is 0 Å². The summed E-state index contributed by atoms with van der Waals surface area (Å²) in [6.45, 7) is -2.76. The molecule has 0 bridgehead atoms. The Hall–Kier alpha value is -2.91. The molecule has 2 aromatic heterocycles. The minimum absolute atomic E-state index is 0.00225. The summed E-state index contributed by atoms with van der Waals surface area (Å²) in [7, 11) is -4.08. The Bertz CT molecular complexity index is 1560. The summed E-state index contributed by atoms with van der Waals surface area (Å²) in [6.07, 6.45) is 5.42. The number of nitrogens with zero attached hydrogens (tertiary/aromatic N) is 3. The van der Waals surface area contributed by atoms with Gasteiger partial charge in [-0.05, 0) is 48.6 Å². The number of hydrogen-bond donors (Lipinski definition) is 0. The molecule has 0 N–H and O–H groups in total. The summed E-state index contributed by atoms with van der Waals surface area (Å²) in [5.41, 5.74) is 0.594. The zero-order valence-electron chi connectivity index (χ0n) is 22.3. The molecule has 2 atom stereocenters. The summed E-state index contributed by atoms with van der Waals surface area (Å²) in [5, 5.41) is 10.6. The molecule has 1 aliphatic heterocycles. The average Bonchev–Trinajstić information content (AvgIpc) is 3.65. The van der Waals surface area contributed by atoms with Gasteiger partial charge in [0.1, 0.15) is 21.0 Å². The van der Waals surface area contributed by atoms with Crippen LogP contribution in [0.3, 0.4) is 0 Å². The lowest BCUT2D eigenvalue weighted by molar-refractivity contribution is -0.605. The van der Waals surface area contributed by atoms with E-state index < -0.39 is 34.1 Å². The highest BCUT2D eigenvalue weighted by atomic mass is 35.5. The van der Waals surface area contributed by atoms with E-state index in [4.69, 9.17) is 32.7 Å². The molecule has 1 saturated heterocycles. The monoisotopic (exact) mass is 675 g/mol. The van der Waals surface area contributed by atoms with Gasteiger partial charge in [0.2, 0.25) is 10.0 Å². The van der Waals surface area contributed by atoms with Gasteiger partial charge in [-0.25, -0.2) is 13.2 Å². The highest BCUT2D eigenvalue weighted by molar-refractivity contribution is 8.02. The van der Waals surface area contributed by atoms with Gasteiger partial charge in [-0.3, -0.25) is 4.98 Å². The Labute approximate surface area is 260 Å². The molecule has 1 aromatic carbocycles. The third-order valence-electron chi connectivity index (χ3n) is 6.72. The number of halogens is 4. The summed E-state index contributed by atoms with van der Waals surface area (Å²) in [4.78, 5) is 17.4. The lowest BCUT2D eigenvalue weighted by Crippen LogP contribution is -2.40. The van der Waals surface area contributed by atoms with Crippen LogP contribution in [0, 0.1) is 11.1 Å². The summed E-state index contributed by atoms with van der Waals surface area (Å²) in [5.74, 6) is -0.417. The van der Waals surface area contributed by atoms with Crippen molar-refractivity contribution in [1.29, 1.82) is 0 Å². The van der Waals surface area contributed by atoms with Crippen LogP contribution in [0.4, 0.5) is 8.78 Å². The van der Waals surface area contributed by atoms with Gasteiger partial charge in [-0.2, -0.15) is 17.8 Å². The molecular weight excluding hydrogens is 651 g/mol. The molecule has 43 heavy (non-hydrogen) atoms. The van der Waals surface area contributed by atoms with Crippen molar-refractivity contribution in [3.8, 4) is 11.5 Å². The van der Waals surface area contributed by atoms with Crippen molar-refractivity contribution >= 4 is 51.0 Å². The largest absolute Gasteiger partial charge is 0.619 e. The molecule has 2 unspecified atom stereocenters. The van der Waals surface area contributed by atoms with Crippen LogP contribution in [0.1, 0.15) is 30.1 Å². The van der Waals surface area contributed by atoms with Crippen molar-refractivity contribution in [2.24, 2.45) is 5.92 Å². The zero-order chi connectivity index (χ0) is 30.7. The number of thioether (sulfide) groups is 1. The maximum atomic E-state index is 13.6. The van der Waals surface area contributed by atoms with E-state index in [1.165, 1.54) is 42.7 Å². The second kappa shape index (κ2) is 13.4. The normalized spacial score (nSPS) is 18.0. The van der Waals surface area contributed by atoms with Crippen LogP contribution in [0.15, 0.2) is 60.0 Å². The first-order valence-electron chi connectivity index (χ1n) is 13.0. The number of carbonyl (C=O) groups excluding carboxylic acids is 1. The molecule has 1 aliphatic carbocycles. The number of pyridine rings is 2. The predicted octanol–water partition coefficient (Wildman–Crippen LogP) is 5.00. The standard InChI is InChI=1S/C27H25Cl2F2N3O7S2/c28-20-13-33(36)14-21(29)19(20)11-23(17-5-6-22(41-27(30)31)24(10-17)39-15-16-3-4-16)40-26(35)25-34(8-9-42-25)43(37,38)18-2-1-7-32-12-18/h1-2,5-7,10,12-14,16,23,25,27H,3-4,8-9,11,15H2. The van der Waals surface area contributed by atoms with Gasteiger partial charge in [0, 0.05) is 36.7 Å². The highest BCUT2D eigenvalue weighted by Gasteiger charge is 2.42. The summed E-state index contributed by atoms with van der Waals surface area (Å²) in [6, 6.07) is 6.97. The Morgan fingerprint density at radius 2 is 1.93 bits per heavy atom. The topological polar surface area (TPSA) is 122 Å². The van der Waals surface area contributed by atoms with Crippen molar-refractivity contribution in [2.75, 3.05) is 18.9 Å². The average molecular weight is 677 g/mol. The second-order valence-electron chi connectivity index (χ2n) is 9.79. The van der Waals surface area contributed by atoms with Gasteiger partial charge < -0.3 is 19.4 Å². The smallest absolute Gasteiger partial charge is 0.387 e. The van der Waals surface area contributed by atoms with E-state index in [-0.39, 0.29) is 51.6 Å². The Morgan fingerprint density at radius 1 is 1.19 bits per heavy atom. The number of sulfonamides is 1. The van der Waals surface area contributed by atoms with Crippen molar-refractivity contribution < 1.29 is 40.9 Å². The molecule has 16 heteroatoms. The van der Waals surface area contributed by atoms with Gasteiger partial charge in [0.25, 0.3) is 0 Å². The number of alkyl halides is 2. The Kier molecular flexibility index (Phi) is 9.81. The van der Waals surface area contributed by atoms with Crippen LogP contribution in [-0.4, -0.2) is 54.6 Å². The molecule has 0 radical (unpaired) electrons. The lowest BCUT2D eigenvalue weighted by atomic mass is 10.0. The van der Waals surface area contributed by atoms with Crippen LogP contribution in [0.25, 0.3) is 0 Å². The van der Waals surface area contributed by atoms with E-state index >= 15 is 0 Å². The molecule has 10 nitrogen and oxygen atoms in total. The van der Waals surface area contributed by atoms with Crippen LogP contribution in [-0.2, 0) is 26.0 Å². The van der Waals surface area contributed by atoms with E-state index in [9.17, 15) is 27.2 Å². The third kappa shape index (κ3) is 7.60. The first-order chi connectivity index (χ1) is 20.5. The highest BCUT2D eigenvalue weighted by Crippen LogP contribution is 2.39. The molecule has 1 saturated carbocycles. The van der Waals surface area contributed by atoms with Crippen LogP contribution < -0.4 is 14.2 Å². The van der Waals surface area contributed by atoms with Gasteiger partial charge >= 0.3 is 12.6 Å². The molecule has 2 aliphatic rings. The fourth-order valence-electron chi connectivity index (χ4n) is 4.38. The predicted molar refractivity (Wildman–Crippen MR) is 154 cm³/mol. The molecular formula is C27H25Cl2F2N3O7S2. The number of carbonyl (C=O) groups is 1. The molecule has 230 valence electrons. The summed E-state index contributed by atoms with van der Waals surface area (Å²) >= 11 is 13.7. The fraction of sp³-hybridized carbons (Fsp3) is 0.370. The molecule has 5 rings (SSSR count). The van der Waals surface area contributed by atoms with Crippen LogP contribution in [0.5, 0.6) is 11.5 Å². The minimum atomic E-state index is -4.08. The van der Waals surface area contributed by atoms with Gasteiger partial charge in [0.15, 0.2) is 29.3 Å². The van der Waals surface area contributed by atoms with Crippen molar-refractivity contribution in [3.63, 3.8) is 0 Å². The molecule has 2 fully saturated rings. The van der Waals surface area contributed by atoms with E-state index in [1.807, 2.05) is 0 Å². The number of hydrogen-bond acceptors (Lipinski definition) is 9. The molecule has 0 spiro atoms. The van der Waals surface area contributed by atoms with E-state index in [2.05, 4.69) is 9.72 Å². The van der Waals surface area contributed by atoms with Crippen molar-refractivity contribution in [1.82, 2.24) is 9.29 Å². The minimum Gasteiger partial charge on any atom is -0.619 e. The maximum absolute atomic E-state index is 13.6. The molecule has 0 amide bonds. The van der Waals surface area contributed by atoms with Gasteiger partial charge in [-0.15, -0.1) is 11.8 Å². The number of rotatable bonds is 12. The fourth-order valence-corrected chi connectivity index (χ4v) is 7.99. The third-order valence-corrected chi connectivity index (χ3v) is 10.5. The second-order valence-corrected chi connectivity index (χ2v) is 13.7. The number of aromatic nitrogens is 2.